The molecule has 0 aliphatic rings. The summed E-state index contributed by atoms with van der Waals surface area (Å²) in [6.45, 7) is 3.75. The number of nitrogens with zero attached hydrogens (tertiary/aromatic N) is 6. The minimum absolute atomic E-state index is 0.117. The number of benzene rings is 3. The Hall–Kier alpha value is -5.95. The van der Waals surface area contributed by atoms with Crippen LogP contribution in [0.3, 0.4) is 0 Å². The number of methoxy groups -OCH3 is 1. The average molecular weight is 647 g/mol. The van der Waals surface area contributed by atoms with Crippen LogP contribution in [0.1, 0.15) is 24.4 Å². The van der Waals surface area contributed by atoms with Crippen LogP contribution in [0.2, 0.25) is 0 Å². The van der Waals surface area contributed by atoms with E-state index in [1.54, 1.807) is 39.5 Å². The van der Waals surface area contributed by atoms with Crippen LogP contribution in [0, 0.1) is 6.92 Å². The highest BCUT2D eigenvalue weighted by atomic mass is 32.2. The molecule has 0 aliphatic carbocycles. The largest absolute Gasteiger partial charge is 0.497 e. The van der Waals surface area contributed by atoms with E-state index in [0.717, 1.165) is 10.9 Å². The first-order valence-corrected chi connectivity index (χ1v) is 16.2. The molecule has 0 aliphatic heterocycles. The number of nitrogens with two attached hydrogens (primary N) is 1. The van der Waals surface area contributed by atoms with Crippen LogP contribution in [-0.2, 0) is 10.0 Å². The molecule has 47 heavy (non-hydrogen) atoms. The van der Waals surface area contributed by atoms with Gasteiger partial charge in [0.2, 0.25) is 0 Å². The van der Waals surface area contributed by atoms with E-state index in [1.807, 2.05) is 62.4 Å². The van der Waals surface area contributed by atoms with Crippen molar-refractivity contribution >= 4 is 38.1 Å². The average Bonchev–Trinajstić information content (AvgIpc) is 3.68. The lowest BCUT2D eigenvalue weighted by atomic mass is 10.0. The quantitative estimate of drug-likeness (QED) is 0.227. The maximum Gasteiger partial charge on any atom is 0.282 e. The van der Waals surface area contributed by atoms with Crippen molar-refractivity contribution in [3.05, 3.63) is 125 Å². The van der Waals surface area contributed by atoms with Crippen molar-refractivity contribution < 1.29 is 13.2 Å². The first-order chi connectivity index (χ1) is 22.7. The van der Waals surface area contributed by atoms with E-state index in [2.05, 4.69) is 15.3 Å². The highest BCUT2D eigenvalue weighted by Crippen LogP contribution is 2.35. The van der Waals surface area contributed by atoms with Gasteiger partial charge in [-0.25, -0.2) is 26.9 Å². The second kappa shape index (κ2) is 11.4. The van der Waals surface area contributed by atoms with Crippen LogP contribution in [0.15, 0.2) is 113 Å². The second-order valence-electron chi connectivity index (χ2n) is 11.0. The zero-order valence-corrected chi connectivity index (χ0v) is 26.5. The van der Waals surface area contributed by atoms with E-state index in [4.69, 9.17) is 15.6 Å². The Labute approximate surface area is 269 Å². The van der Waals surface area contributed by atoms with Gasteiger partial charge < -0.3 is 15.8 Å². The number of rotatable bonds is 8. The summed E-state index contributed by atoms with van der Waals surface area (Å²) in [6.07, 6.45) is 4.63. The van der Waals surface area contributed by atoms with Crippen molar-refractivity contribution in [2.45, 2.75) is 24.8 Å². The van der Waals surface area contributed by atoms with Gasteiger partial charge in [-0.15, -0.1) is 0 Å². The maximum absolute atomic E-state index is 13.8. The maximum atomic E-state index is 13.8. The topological polar surface area (TPSA) is 151 Å². The van der Waals surface area contributed by atoms with Gasteiger partial charge in [-0.2, -0.15) is 5.10 Å². The SMILES string of the molecule is COc1ccc(S(=O)(=O)n2ccc3ccc(-c4c(N)ncnc4NC(C)c4nn5ccc(C)c5c(=O)n4-c4ccccc4)cc32)cc1. The van der Waals surface area contributed by atoms with Crippen molar-refractivity contribution in [3.63, 3.8) is 0 Å². The highest BCUT2D eigenvalue weighted by molar-refractivity contribution is 7.90. The van der Waals surface area contributed by atoms with Gasteiger partial charge in [0.1, 0.15) is 29.2 Å². The van der Waals surface area contributed by atoms with Gasteiger partial charge in [0.25, 0.3) is 15.6 Å². The van der Waals surface area contributed by atoms with Crippen LogP contribution >= 0.6 is 0 Å². The van der Waals surface area contributed by atoms with Gasteiger partial charge in [-0.3, -0.25) is 9.36 Å². The van der Waals surface area contributed by atoms with Gasteiger partial charge in [-0.1, -0.05) is 30.3 Å². The van der Waals surface area contributed by atoms with Crippen molar-refractivity contribution in [1.82, 2.24) is 28.1 Å². The molecule has 12 nitrogen and oxygen atoms in total. The molecule has 1 unspecified atom stereocenters. The lowest BCUT2D eigenvalue weighted by molar-refractivity contribution is 0.414. The normalized spacial score (nSPS) is 12.4. The summed E-state index contributed by atoms with van der Waals surface area (Å²) in [7, 11) is -2.41. The number of hydrogen-bond acceptors (Lipinski definition) is 9. The lowest BCUT2D eigenvalue weighted by Crippen LogP contribution is -2.29. The van der Waals surface area contributed by atoms with Crippen LogP contribution in [0.4, 0.5) is 11.6 Å². The van der Waals surface area contributed by atoms with Gasteiger partial charge in [0.05, 0.1) is 34.8 Å². The third-order valence-corrected chi connectivity index (χ3v) is 9.81. The van der Waals surface area contributed by atoms with Crippen LogP contribution < -0.4 is 21.3 Å². The molecule has 13 heteroatoms. The standard InChI is InChI=1S/C34H30N8O4S/c1-21-15-17-40-30(21)34(43)42(25-7-5-4-6-8-25)33(39-40)22(2)38-32-29(31(35)36-20-37-32)24-10-9-23-16-18-41(28(23)19-24)47(44,45)27-13-11-26(46-3)12-14-27/h4-20,22H,1-3H3,(H3,35,36,37,38). The van der Waals surface area contributed by atoms with E-state index in [9.17, 15) is 13.2 Å². The number of hydrogen-bond donors (Lipinski definition) is 2. The molecule has 3 aromatic carbocycles. The second-order valence-corrected chi connectivity index (χ2v) is 12.9. The number of aromatic nitrogens is 6. The first-order valence-electron chi connectivity index (χ1n) is 14.7. The minimum Gasteiger partial charge on any atom is -0.497 e. The fourth-order valence-corrected chi connectivity index (χ4v) is 7.08. The Morgan fingerprint density at radius 1 is 0.936 bits per heavy atom. The third kappa shape index (κ3) is 5.06. The summed E-state index contributed by atoms with van der Waals surface area (Å²) in [5, 5.41) is 8.94. The van der Waals surface area contributed by atoms with Gasteiger partial charge in [0, 0.05) is 17.8 Å². The van der Waals surface area contributed by atoms with E-state index >= 15 is 0 Å². The predicted octanol–water partition coefficient (Wildman–Crippen LogP) is 5.21. The summed E-state index contributed by atoms with van der Waals surface area (Å²) in [5.41, 5.74) is 9.74. The zero-order chi connectivity index (χ0) is 32.9. The molecule has 3 N–H and O–H groups in total. The summed E-state index contributed by atoms with van der Waals surface area (Å²) < 4.78 is 37.0. The number of nitrogens with one attached hydrogen (secondary N) is 1. The highest BCUT2D eigenvalue weighted by Gasteiger charge is 2.24. The zero-order valence-electron chi connectivity index (χ0n) is 25.7. The number of nitrogen functional groups attached to an aromatic ring is 1. The molecule has 0 radical (unpaired) electrons. The number of anilines is 2. The predicted molar refractivity (Wildman–Crippen MR) is 181 cm³/mol. The molecule has 0 fully saturated rings. The summed E-state index contributed by atoms with van der Waals surface area (Å²) in [5.74, 6) is 1.58. The Morgan fingerprint density at radius 3 is 2.45 bits per heavy atom. The monoisotopic (exact) mass is 646 g/mol. The van der Waals surface area contributed by atoms with Crippen molar-refractivity contribution in [2.24, 2.45) is 0 Å². The van der Waals surface area contributed by atoms with E-state index < -0.39 is 16.1 Å². The molecule has 4 aromatic heterocycles. The fraction of sp³-hybridized carbons (Fsp3) is 0.118. The Bertz CT molecular complexity index is 2450. The molecule has 7 aromatic rings. The van der Waals surface area contributed by atoms with Crippen LogP contribution in [0.25, 0.3) is 33.2 Å². The van der Waals surface area contributed by atoms with Gasteiger partial charge >= 0.3 is 0 Å². The Kier molecular flexibility index (Phi) is 7.24. The summed E-state index contributed by atoms with van der Waals surface area (Å²) in [4.78, 5) is 22.7. The van der Waals surface area contributed by atoms with Crippen molar-refractivity contribution in [2.75, 3.05) is 18.2 Å². The molecule has 0 saturated heterocycles. The first kappa shape index (κ1) is 29.7. The lowest BCUT2D eigenvalue weighted by Gasteiger charge is -2.21. The number of para-hydroxylation sites is 1. The van der Waals surface area contributed by atoms with Crippen LogP contribution in [0.5, 0.6) is 5.75 Å². The van der Waals surface area contributed by atoms with Crippen molar-refractivity contribution in [1.29, 1.82) is 0 Å². The molecule has 0 amide bonds. The number of ether oxygens (including phenoxy) is 1. The minimum atomic E-state index is -3.93. The molecule has 0 saturated carbocycles. The van der Waals surface area contributed by atoms with Crippen molar-refractivity contribution in [3.8, 4) is 22.6 Å². The molecule has 236 valence electrons. The van der Waals surface area contributed by atoms with E-state index in [0.29, 0.717) is 45.2 Å². The summed E-state index contributed by atoms with van der Waals surface area (Å²) in [6, 6.07) is 24.0. The van der Waals surface area contributed by atoms with Crippen LogP contribution in [-0.4, -0.2) is 43.6 Å². The van der Waals surface area contributed by atoms with E-state index in [1.165, 1.54) is 35.7 Å². The molecule has 0 spiro atoms. The molecule has 0 bridgehead atoms. The fourth-order valence-electron chi connectivity index (χ4n) is 5.73. The number of fused-ring (bicyclic) bond motifs is 2. The number of aryl methyl sites for hydroxylation is 1. The summed E-state index contributed by atoms with van der Waals surface area (Å²) >= 11 is 0. The van der Waals surface area contributed by atoms with E-state index in [-0.39, 0.29) is 16.3 Å². The Balaban J connectivity index is 1.32. The molecular weight excluding hydrogens is 616 g/mol. The Morgan fingerprint density at radius 2 is 1.70 bits per heavy atom. The smallest absolute Gasteiger partial charge is 0.282 e. The molecule has 7 rings (SSSR count). The van der Waals surface area contributed by atoms with Gasteiger partial charge in [0.15, 0.2) is 5.82 Å². The van der Waals surface area contributed by atoms with Gasteiger partial charge in [-0.05, 0) is 79.6 Å². The molecule has 1 atom stereocenters. The molecular formula is C34H30N8O4S. The molecule has 4 heterocycles. The third-order valence-electron chi connectivity index (χ3n) is 8.11.